The Bertz CT molecular complexity index is 532. The van der Waals surface area contributed by atoms with Crippen molar-refractivity contribution < 1.29 is 4.92 Å². The molecule has 0 unspecified atom stereocenters. The molecule has 0 spiro atoms. The highest BCUT2D eigenvalue weighted by Gasteiger charge is 2.15. The maximum absolute atomic E-state index is 10.8. The molecule has 0 aliphatic heterocycles. The number of aromatic nitrogens is 2. The van der Waals surface area contributed by atoms with Gasteiger partial charge in [-0.3, -0.25) is 10.1 Å². The minimum absolute atomic E-state index is 0.0606. The van der Waals surface area contributed by atoms with E-state index in [4.69, 9.17) is 0 Å². The van der Waals surface area contributed by atoms with Crippen LogP contribution in [0.4, 0.5) is 11.5 Å². The Morgan fingerprint density at radius 3 is 3.00 bits per heavy atom. The summed E-state index contributed by atoms with van der Waals surface area (Å²) in [6, 6.07) is 1.41. The van der Waals surface area contributed by atoms with Crippen LogP contribution in [0.2, 0.25) is 0 Å². The van der Waals surface area contributed by atoms with Crippen molar-refractivity contribution in [3.05, 3.63) is 43.4 Å². The van der Waals surface area contributed by atoms with E-state index in [2.05, 4.69) is 31.2 Å². The molecular weight excluding hydrogens is 308 g/mol. The summed E-state index contributed by atoms with van der Waals surface area (Å²) >= 11 is 4.62. The number of halogens is 1. The molecule has 2 heterocycles. The summed E-state index contributed by atoms with van der Waals surface area (Å²) in [5.74, 6) is 0.242. The van der Waals surface area contributed by atoms with E-state index in [1.54, 1.807) is 5.51 Å². The minimum Gasteiger partial charge on any atom is -0.359 e. The van der Waals surface area contributed by atoms with Gasteiger partial charge in [0.15, 0.2) is 0 Å². The standard InChI is InChI=1S/C9H7BrN4O2S/c10-6-1-8(14(15)16)9(11-2-6)12-3-7-4-17-5-13-7/h1-2,4-5H,3H2,(H,11,12). The Hall–Kier alpha value is -1.54. The van der Waals surface area contributed by atoms with Crippen LogP contribution in [-0.2, 0) is 6.54 Å². The van der Waals surface area contributed by atoms with Crippen molar-refractivity contribution in [2.24, 2.45) is 0 Å². The Morgan fingerprint density at radius 1 is 1.53 bits per heavy atom. The van der Waals surface area contributed by atoms with E-state index in [0.717, 1.165) is 5.69 Å². The smallest absolute Gasteiger partial charge is 0.312 e. The van der Waals surface area contributed by atoms with Crippen molar-refractivity contribution >= 4 is 38.8 Å². The van der Waals surface area contributed by atoms with E-state index in [-0.39, 0.29) is 11.5 Å². The molecule has 0 atom stereocenters. The van der Waals surface area contributed by atoms with Gasteiger partial charge < -0.3 is 5.32 Å². The van der Waals surface area contributed by atoms with Crippen LogP contribution in [0.25, 0.3) is 0 Å². The summed E-state index contributed by atoms with van der Waals surface area (Å²) < 4.78 is 0.573. The van der Waals surface area contributed by atoms with Crippen LogP contribution in [0.3, 0.4) is 0 Å². The summed E-state index contributed by atoms with van der Waals surface area (Å²) in [4.78, 5) is 18.4. The molecule has 2 aromatic rings. The Kier molecular flexibility index (Phi) is 3.64. The minimum atomic E-state index is -0.471. The van der Waals surface area contributed by atoms with Crippen molar-refractivity contribution in [1.82, 2.24) is 9.97 Å². The Labute approximate surface area is 109 Å². The predicted molar refractivity (Wildman–Crippen MR) is 68.0 cm³/mol. The van der Waals surface area contributed by atoms with E-state index >= 15 is 0 Å². The van der Waals surface area contributed by atoms with Crippen LogP contribution < -0.4 is 5.32 Å². The zero-order valence-corrected chi connectivity index (χ0v) is 10.9. The second kappa shape index (κ2) is 5.19. The highest BCUT2D eigenvalue weighted by molar-refractivity contribution is 9.10. The first-order valence-corrected chi connectivity index (χ1v) is 6.31. The molecule has 6 nitrogen and oxygen atoms in total. The van der Waals surface area contributed by atoms with E-state index in [1.807, 2.05) is 5.38 Å². The fraction of sp³-hybridized carbons (Fsp3) is 0.111. The first-order valence-electron chi connectivity index (χ1n) is 4.57. The highest BCUT2D eigenvalue weighted by atomic mass is 79.9. The van der Waals surface area contributed by atoms with Gasteiger partial charge in [-0.1, -0.05) is 0 Å². The third-order valence-corrected chi connectivity index (χ3v) is 3.02. The number of nitro groups is 1. The second-order valence-corrected chi connectivity index (χ2v) is 4.75. The van der Waals surface area contributed by atoms with Crippen LogP contribution in [0.1, 0.15) is 5.69 Å². The number of nitrogens with zero attached hydrogens (tertiary/aromatic N) is 3. The molecule has 0 radical (unpaired) electrons. The molecule has 2 aromatic heterocycles. The largest absolute Gasteiger partial charge is 0.359 e. The van der Waals surface area contributed by atoms with Gasteiger partial charge in [0, 0.05) is 22.1 Å². The van der Waals surface area contributed by atoms with Gasteiger partial charge in [0.05, 0.1) is 22.7 Å². The summed E-state index contributed by atoms with van der Waals surface area (Å²) in [6.07, 6.45) is 1.51. The SMILES string of the molecule is O=[N+]([O-])c1cc(Br)cnc1NCc1cscn1. The molecule has 8 heteroatoms. The van der Waals surface area contributed by atoms with Gasteiger partial charge in [0.1, 0.15) is 0 Å². The van der Waals surface area contributed by atoms with E-state index in [0.29, 0.717) is 11.0 Å². The Morgan fingerprint density at radius 2 is 2.35 bits per heavy atom. The van der Waals surface area contributed by atoms with Gasteiger partial charge in [-0.05, 0) is 15.9 Å². The predicted octanol–water partition coefficient (Wildman–Crippen LogP) is 2.82. The van der Waals surface area contributed by atoms with Crippen molar-refractivity contribution in [2.75, 3.05) is 5.32 Å². The Balaban J connectivity index is 2.17. The number of thiazole rings is 1. The van der Waals surface area contributed by atoms with E-state index in [1.165, 1.54) is 23.6 Å². The molecular formula is C9H7BrN4O2S. The van der Waals surface area contributed by atoms with Gasteiger partial charge in [-0.2, -0.15) is 0 Å². The zero-order chi connectivity index (χ0) is 12.3. The average Bonchev–Trinajstić information content (AvgIpc) is 2.80. The monoisotopic (exact) mass is 314 g/mol. The van der Waals surface area contributed by atoms with E-state index in [9.17, 15) is 10.1 Å². The lowest BCUT2D eigenvalue weighted by Gasteiger charge is -2.04. The summed E-state index contributed by atoms with van der Waals surface area (Å²) in [5.41, 5.74) is 2.48. The van der Waals surface area contributed by atoms with Gasteiger partial charge in [0.2, 0.25) is 5.82 Å². The van der Waals surface area contributed by atoms with Gasteiger partial charge in [-0.15, -0.1) is 11.3 Å². The number of pyridine rings is 1. The fourth-order valence-electron chi connectivity index (χ4n) is 1.20. The molecule has 0 saturated carbocycles. The van der Waals surface area contributed by atoms with Crippen LogP contribution in [0.5, 0.6) is 0 Å². The third-order valence-electron chi connectivity index (χ3n) is 1.95. The number of hydrogen-bond donors (Lipinski definition) is 1. The lowest BCUT2D eigenvalue weighted by Crippen LogP contribution is -2.04. The van der Waals surface area contributed by atoms with Gasteiger partial charge >= 0.3 is 5.69 Å². The van der Waals surface area contributed by atoms with Crippen molar-refractivity contribution in [3.63, 3.8) is 0 Å². The topological polar surface area (TPSA) is 81.0 Å². The number of rotatable bonds is 4. The molecule has 2 rings (SSSR count). The normalized spacial score (nSPS) is 10.2. The van der Waals surface area contributed by atoms with Crippen LogP contribution in [-0.4, -0.2) is 14.9 Å². The van der Waals surface area contributed by atoms with Crippen molar-refractivity contribution in [1.29, 1.82) is 0 Å². The lowest BCUT2D eigenvalue weighted by atomic mass is 10.4. The lowest BCUT2D eigenvalue weighted by molar-refractivity contribution is -0.384. The first-order chi connectivity index (χ1) is 8.16. The fourth-order valence-corrected chi connectivity index (χ4v) is 2.08. The number of nitrogens with one attached hydrogen (secondary N) is 1. The molecule has 0 amide bonds. The van der Waals surface area contributed by atoms with Crippen LogP contribution >= 0.6 is 27.3 Å². The van der Waals surface area contributed by atoms with Gasteiger partial charge in [0.25, 0.3) is 0 Å². The zero-order valence-electron chi connectivity index (χ0n) is 8.46. The van der Waals surface area contributed by atoms with Crippen LogP contribution in [0.15, 0.2) is 27.6 Å². The molecule has 88 valence electrons. The maximum atomic E-state index is 10.8. The molecule has 0 aliphatic carbocycles. The first kappa shape index (κ1) is 11.9. The van der Waals surface area contributed by atoms with Crippen molar-refractivity contribution in [2.45, 2.75) is 6.54 Å². The maximum Gasteiger partial charge on any atom is 0.312 e. The van der Waals surface area contributed by atoms with Gasteiger partial charge in [-0.25, -0.2) is 9.97 Å². The average molecular weight is 315 g/mol. The van der Waals surface area contributed by atoms with E-state index < -0.39 is 4.92 Å². The molecule has 1 N–H and O–H groups in total. The molecule has 0 bridgehead atoms. The quantitative estimate of drug-likeness (QED) is 0.693. The molecule has 0 aromatic carbocycles. The van der Waals surface area contributed by atoms with Crippen LogP contribution in [0, 0.1) is 10.1 Å². The number of anilines is 1. The highest BCUT2D eigenvalue weighted by Crippen LogP contribution is 2.25. The number of hydrogen-bond acceptors (Lipinski definition) is 6. The summed E-state index contributed by atoms with van der Waals surface area (Å²) in [6.45, 7) is 0.416. The molecule has 0 saturated heterocycles. The molecule has 0 aliphatic rings. The summed E-state index contributed by atoms with van der Waals surface area (Å²) in [5, 5.41) is 15.6. The second-order valence-electron chi connectivity index (χ2n) is 3.11. The molecule has 0 fully saturated rings. The summed E-state index contributed by atoms with van der Waals surface area (Å²) in [7, 11) is 0. The van der Waals surface area contributed by atoms with Crippen molar-refractivity contribution in [3.8, 4) is 0 Å². The third kappa shape index (κ3) is 2.98. The molecule has 17 heavy (non-hydrogen) atoms.